The molecule has 0 heterocycles. The maximum atomic E-state index is 5.29. The van der Waals surface area contributed by atoms with Gasteiger partial charge in [0.05, 0.1) is 5.69 Å². The van der Waals surface area contributed by atoms with Crippen molar-refractivity contribution >= 4 is 28.7 Å². The van der Waals surface area contributed by atoms with Crippen LogP contribution in [-0.2, 0) is 0 Å². The van der Waals surface area contributed by atoms with Gasteiger partial charge in [-0.2, -0.15) is 0 Å². The molecule has 0 aliphatic carbocycles. The van der Waals surface area contributed by atoms with Crippen LogP contribution in [0.25, 0.3) is 0 Å². The van der Waals surface area contributed by atoms with Crippen molar-refractivity contribution in [1.29, 1.82) is 0 Å². The summed E-state index contributed by atoms with van der Waals surface area (Å²) < 4.78 is 0. The average molecular weight is 271 g/mol. The minimum atomic E-state index is 0.567. The molecule has 0 radical (unpaired) electrons. The van der Waals surface area contributed by atoms with Crippen molar-refractivity contribution in [2.75, 3.05) is 17.4 Å². The summed E-state index contributed by atoms with van der Waals surface area (Å²) in [6, 6.07) is 18.1. The van der Waals surface area contributed by atoms with Gasteiger partial charge in [-0.25, -0.2) is 0 Å². The Morgan fingerprint density at radius 3 is 2.47 bits per heavy atom. The highest BCUT2D eigenvalue weighted by Crippen LogP contribution is 2.11. The number of nitrogens with zero attached hydrogens (tertiary/aromatic N) is 1. The lowest BCUT2D eigenvalue weighted by molar-refractivity contribution is 0.888. The number of rotatable bonds is 3. The molecule has 4 heteroatoms. The molecule has 19 heavy (non-hydrogen) atoms. The van der Waals surface area contributed by atoms with Gasteiger partial charge >= 0.3 is 0 Å². The van der Waals surface area contributed by atoms with E-state index < -0.39 is 0 Å². The molecule has 0 spiro atoms. The number of anilines is 2. The first-order chi connectivity index (χ1) is 9.15. The normalized spacial score (nSPS) is 9.79. The van der Waals surface area contributed by atoms with E-state index in [4.69, 9.17) is 12.2 Å². The van der Waals surface area contributed by atoms with Crippen LogP contribution in [0.3, 0.4) is 0 Å². The smallest absolute Gasteiger partial charge is 0.189 e. The molecule has 2 rings (SSSR count). The van der Waals surface area contributed by atoms with Crippen molar-refractivity contribution < 1.29 is 0 Å². The fraction of sp³-hybridized carbons (Fsp3) is 0.133. The molecule has 0 aliphatic rings. The number of aryl methyl sites for hydroxylation is 1. The fourth-order valence-corrected chi connectivity index (χ4v) is 2.01. The lowest BCUT2D eigenvalue weighted by Gasteiger charge is -2.22. The molecular weight excluding hydrogens is 254 g/mol. The van der Waals surface area contributed by atoms with Crippen LogP contribution in [0.2, 0.25) is 0 Å². The van der Waals surface area contributed by atoms with Gasteiger partial charge in [-0.15, -0.1) is 0 Å². The zero-order valence-corrected chi connectivity index (χ0v) is 11.9. The molecule has 0 saturated carbocycles. The third-order valence-corrected chi connectivity index (χ3v) is 2.88. The molecule has 2 aromatic carbocycles. The van der Waals surface area contributed by atoms with E-state index >= 15 is 0 Å². The molecule has 0 aliphatic heterocycles. The molecule has 0 unspecified atom stereocenters. The lowest BCUT2D eigenvalue weighted by atomic mass is 10.2. The van der Waals surface area contributed by atoms with Crippen molar-refractivity contribution in [2.24, 2.45) is 0 Å². The Kier molecular flexibility index (Phi) is 4.36. The van der Waals surface area contributed by atoms with Crippen LogP contribution in [0.15, 0.2) is 54.6 Å². The highest BCUT2D eigenvalue weighted by atomic mass is 32.1. The molecule has 0 bridgehead atoms. The predicted octanol–water partition coefficient (Wildman–Crippen LogP) is 3.33. The molecule has 2 aromatic rings. The topological polar surface area (TPSA) is 27.3 Å². The number of thiocarbonyl (C=S) groups is 1. The summed E-state index contributed by atoms with van der Waals surface area (Å²) in [6.45, 7) is 2.05. The first-order valence-electron chi connectivity index (χ1n) is 6.08. The maximum absolute atomic E-state index is 5.29. The van der Waals surface area contributed by atoms with Gasteiger partial charge in [0.2, 0.25) is 0 Å². The first-order valence-corrected chi connectivity index (χ1v) is 6.49. The van der Waals surface area contributed by atoms with Crippen LogP contribution < -0.4 is 15.8 Å². The van der Waals surface area contributed by atoms with E-state index in [9.17, 15) is 0 Å². The summed E-state index contributed by atoms with van der Waals surface area (Å²) in [7, 11) is 1.93. The SMILES string of the molecule is Cc1cccc(NC(=S)NN(C)c2ccccc2)c1. The van der Waals surface area contributed by atoms with Gasteiger partial charge in [0.1, 0.15) is 0 Å². The van der Waals surface area contributed by atoms with Crippen LogP contribution in [0, 0.1) is 6.92 Å². The average Bonchev–Trinajstić information content (AvgIpc) is 2.39. The molecule has 0 saturated heterocycles. The van der Waals surface area contributed by atoms with Gasteiger partial charge < -0.3 is 5.32 Å². The van der Waals surface area contributed by atoms with Gasteiger partial charge in [0, 0.05) is 12.7 Å². The maximum Gasteiger partial charge on any atom is 0.189 e. The van der Waals surface area contributed by atoms with E-state index in [0.717, 1.165) is 11.4 Å². The summed E-state index contributed by atoms with van der Waals surface area (Å²) in [5.41, 5.74) is 6.35. The minimum absolute atomic E-state index is 0.567. The lowest BCUT2D eigenvalue weighted by Crippen LogP contribution is -2.41. The Labute approximate surface area is 119 Å². The van der Waals surface area contributed by atoms with E-state index in [-0.39, 0.29) is 0 Å². The summed E-state index contributed by atoms with van der Waals surface area (Å²) in [5, 5.41) is 5.61. The van der Waals surface area contributed by atoms with Crippen molar-refractivity contribution in [3.05, 3.63) is 60.2 Å². The van der Waals surface area contributed by atoms with E-state index in [1.54, 1.807) is 0 Å². The largest absolute Gasteiger partial charge is 0.331 e. The molecule has 98 valence electrons. The van der Waals surface area contributed by atoms with Crippen molar-refractivity contribution in [3.8, 4) is 0 Å². The second-order valence-corrected chi connectivity index (χ2v) is 4.74. The third kappa shape index (κ3) is 3.96. The molecule has 2 N–H and O–H groups in total. The van der Waals surface area contributed by atoms with Gasteiger partial charge in [-0.1, -0.05) is 30.3 Å². The van der Waals surface area contributed by atoms with Gasteiger partial charge in [-0.3, -0.25) is 10.4 Å². The quantitative estimate of drug-likeness (QED) is 0.661. The van der Waals surface area contributed by atoms with E-state index in [2.05, 4.69) is 29.8 Å². The first kappa shape index (κ1) is 13.4. The standard InChI is InChI=1S/C15H17N3S/c1-12-7-6-8-13(11-12)16-15(19)17-18(2)14-9-4-3-5-10-14/h3-11H,1-2H3,(H2,16,17,19). The van der Waals surface area contributed by atoms with Crippen LogP contribution in [0.1, 0.15) is 5.56 Å². The zero-order chi connectivity index (χ0) is 13.7. The van der Waals surface area contributed by atoms with Crippen LogP contribution >= 0.6 is 12.2 Å². The molecule has 0 aromatic heterocycles. The van der Waals surface area contributed by atoms with Crippen LogP contribution in [0.4, 0.5) is 11.4 Å². The van der Waals surface area contributed by atoms with Crippen molar-refractivity contribution in [1.82, 2.24) is 5.43 Å². The van der Waals surface area contributed by atoms with Crippen LogP contribution in [0.5, 0.6) is 0 Å². The van der Waals surface area contributed by atoms with Gasteiger partial charge in [0.15, 0.2) is 5.11 Å². The highest BCUT2D eigenvalue weighted by molar-refractivity contribution is 7.80. The zero-order valence-electron chi connectivity index (χ0n) is 11.1. The Bertz CT molecular complexity index is 554. The summed E-state index contributed by atoms with van der Waals surface area (Å²) in [6.07, 6.45) is 0. The molecule has 0 amide bonds. The molecule has 3 nitrogen and oxygen atoms in total. The highest BCUT2D eigenvalue weighted by Gasteiger charge is 2.02. The predicted molar refractivity (Wildman–Crippen MR) is 85.4 cm³/mol. The Balaban J connectivity index is 1.95. The van der Waals surface area contributed by atoms with Gasteiger partial charge in [-0.05, 0) is 49.0 Å². The molecular formula is C15H17N3S. The number of hydrogen-bond acceptors (Lipinski definition) is 2. The monoisotopic (exact) mass is 271 g/mol. The number of hydrazine groups is 1. The van der Waals surface area contributed by atoms with E-state index in [1.807, 2.05) is 54.5 Å². The summed E-state index contributed by atoms with van der Waals surface area (Å²) in [5.74, 6) is 0. The van der Waals surface area contributed by atoms with Crippen molar-refractivity contribution in [2.45, 2.75) is 6.92 Å². The number of hydrogen-bond donors (Lipinski definition) is 2. The second-order valence-electron chi connectivity index (χ2n) is 4.33. The number of nitrogens with one attached hydrogen (secondary N) is 2. The van der Waals surface area contributed by atoms with Crippen molar-refractivity contribution in [3.63, 3.8) is 0 Å². The Hall–Kier alpha value is -2.07. The Morgan fingerprint density at radius 1 is 1.05 bits per heavy atom. The van der Waals surface area contributed by atoms with E-state index in [0.29, 0.717) is 5.11 Å². The molecule has 0 fully saturated rings. The fourth-order valence-electron chi connectivity index (χ4n) is 1.75. The third-order valence-electron chi connectivity index (χ3n) is 2.69. The van der Waals surface area contributed by atoms with Gasteiger partial charge in [0.25, 0.3) is 0 Å². The summed E-state index contributed by atoms with van der Waals surface area (Å²) >= 11 is 5.29. The number of para-hydroxylation sites is 1. The Morgan fingerprint density at radius 2 is 1.79 bits per heavy atom. The number of benzene rings is 2. The van der Waals surface area contributed by atoms with E-state index in [1.165, 1.54) is 5.56 Å². The second kappa shape index (κ2) is 6.20. The van der Waals surface area contributed by atoms with Crippen LogP contribution in [-0.4, -0.2) is 12.2 Å². The minimum Gasteiger partial charge on any atom is -0.331 e. The summed E-state index contributed by atoms with van der Waals surface area (Å²) in [4.78, 5) is 0. The molecule has 0 atom stereocenters.